The third kappa shape index (κ3) is 3.50. The van der Waals surface area contributed by atoms with E-state index in [9.17, 15) is 13.6 Å². The molecule has 18 heavy (non-hydrogen) atoms. The molecule has 0 spiro atoms. The average molecular weight is 254 g/mol. The summed E-state index contributed by atoms with van der Waals surface area (Å²) in [5.74, 6) is -1.12. The van der Waals surface area contributed by atoms with Crippen molar-refractivity contribution in [1.82, 2.24) is 10.6 Å². The van der Waals surface area contributed by atoms with E-state index in [4.69, 9.17) is 0 Å². The van der Waals surface area contributed by atoms with Gasteiger partial charge in [0.15, 0.2) is 0 Å². The van der Waals surface area contributed by atoms with Crippen molar-refractivity contribution in [3.05, 3.63) is 35.4 Å². The maximum Gasteiger partial charge on any atom is 0.221 e. The number of halogens is 2. The van der Waals surface area contributed by atoms with Crippen LogP contribution in [0.5, 0.6) is 0 Å². The molecule has 98 valence electrons. The molecule has 5 heteroatoms. The number of hydrogen-bond acceptors (Lipinski definition) is 2. The highest BCUT2D eigenvalue weighted by atomic mass is 19.1. The molecule has 1 amide bonds. The maximum atomic E-state index is 13.4. The molecule has 2 N–H and O–H groups in total. The second-order valence-electron chi connectivity index (χ2n) is 4.51. The van der Waals surface area contributed by atoms with E-state index in [0.717, 1.165) is 18.9 Å². The van der Waals surface area contributed by atoms with Gasteiger partial charge in [0, 0.05) is 37.2 Å². The highest BCUT2D eigenvalue weighted by Gasteiger charge is 2.17. The number of hydrogen-bond donors (Lipinski definition) is 2. The first-order valence-electron chi connectivity index (χ1n) is 6.09. The summed E-state index contributed by atoms with van der Waals surface area (Å²) in [6, 6.07) is 3.59. The molecule has 1 fully saturated rings. The Labute approximate surface area is 105 Å². The van der Waals surface area contributed by atoms with E-state index >= 15 is 0 Å². The fourth-order valence-electron chi connectivity index (χ4n) is 2.07. The number of benzene rings is 1. The van der Waals surface area contributed by atoms with Gasteiger partial charge in [-0.25, -0.2) is 8.78 Å². The fraction of sp³-hybridized carbons (Fsp3) is 0.462. The van der Waals surface area contributed by atoms with Crippen molar-refractivity contribution < 1.29 is 13.6 Å². The summed E-state index contributed by atoms with van der Waals surface area (Å²) in [5.41, 5.74) is 0.418. The van der Waals surface area contributed by atoms with Gasteiger partial charge in [-0.2, -0.15) is 0 Å². The van der Waals surface area contributed by atoms with Crippen LogP contribution in [-0.2, 0) is 11.3 Å². The van der Waals surface area contributed by atoms with Gasteiger partial charge in [0.2, 0.25) is 5.91 Å². The van der Waals surface area contributed by atoms with Crippen LogP contribution in [0.1, 0.15) is 24.8 Å². The van der Waals surface area contributed by atoms with Crippen LogP contribution in [0.25, 0.3) is 0 Å². The number of carbonyl (C=O) groups excluding carboxylic acids is 1. The van der Waals surface area contributed by atoms with Crippen molar-refractivity contribution in [3.8, 4) is 0 Å². The molecule has 1 aromatic carbocycles. The van der Waals surface area contributed by atoms with Crippen LogP contribution in [-0.4, -0.2) is 18.5 Å². The minimum absolute atomic E-state index is 0.0181. The lowest BCUT2D eigenvalue weighted by molar-refractivity contribution is -0.121. The van der Waals surface area contributed by atoms with Gasteiger partial charge in [-0.3, -0.25) is 4.79 Å². The molecular formula is C13H16F2N2O. The molecule has 3 nitrogen and oxygen atoms in total. The Hall–Kier alpha value is -1.49. The van der Waals surface area contributed by atoms with E-state index in [2.05, 4.69) is 10.6 Å². The summed E-state index contributed by atoms with van der Waals surface area (Å²) >= 11 is 0. The molecule has 0 bridgehead atoms. The van der Waals surface area contributed by atoms with Gasteiger partial charge in [0.1, 0.15) is 11.6 Å². The van der Waals surface area contributed by atoms with Gasteiger partial charge >= 0.3 is 0 Å². The van der Waals surface area contributed by atoms with Crippen molar-refractivity contribution >= 4 is 5.91 Å². The molecular weight excluding hydrogens is 238 g/mol. The first-order valence-corrected chi connectivity index (χ1v) is 6.09. The lowest BCUT2D eigenvalue weighted by Crippen LogP contribution is -2.32. The Morgan fingerprint density at radius 2 is 2.22 bits per heavy atom. The minimum Gasteiger partial charge on any atom is -0.356 e. The van der Waals surface area contributed by atoms with Gasteiger partial charge in [0.05, 0.1) is 0 Å². The topological polar surface area (TPSA) is 41.1 Å². The zero-order valence-electron chi connectivity index (χ0n) is 10.0. The third-order valence-corrected chi connectivity index (χ3v) is 3.08. The molecule has 2 rings (SSSR count). The van der Waals surface area contributed by atoms with Crippen molar-refractivity contribution in [3.63, 3.8) is 0 Å². The molecule has 1 aromatic rings. The van der Waals surface area contributed by atoms with Crippen molar-refractivity contribution in [2.45, 2.75) is 31.8 Å². The van der Waals surface area contributed by atoms with Crippen LogP contribution in [0.3, 0.4) is 0 Å². The summed E-state index contributed by atoms with van der Waals surface area (Å²) in [6.45, 7) is 1.01. The van der Waals surface area contributed by atoms with Crippen LogP contribution in [0.15, 0.2) is 18.2 Å². The number of amides is 1. The standard InChI is InChI=1S/C13H16F2N2O/c14-10-4-3-9(12(15)6-10)8-17-11-2-1-5-16-13(18)7-11/h3-4,6,11,17H,1-2,5,7-8H2,(H,16,18). The molecule has 1 saturated heterocycles. The Bertz CT molecular complexity index is 437. The molecule has 0 aromatic heterocycles. The van der Waals surface area contributed by atoms with E-state index in [1.165, 1.54) is 12.1 Å². The third-order valence-electron chi connectivity index (χ3n) is 3.08. The fourth-order valence-corrected chi connectivity index (χ4v) is 2.07. The molecule has 1 atom stereocenters. The zero-order valence-corrected chi connectivity index (χ0v) is 10.0. The van der Waals surface area contributed by atoms with Crippen molar-refractivity contribution in [1.29, 1.82) is 0 Å². The highest BCUT2D eigenvalue weighted by molar-refractivity contribution is 5.76. The van der Waals surface area contributed by atoms with Gasteiger partial charge in [-0.05, 0) is 18.9 Å². The minimum atomic E-state index is -0.579. The van der Waals surface area contributed by atoms with Crippen LogP contribution in [0, 0.1) is 11.6 Å². The molecule has 0 radical (unpaired) electrons. The molecule has 1 aliphatic heterocycles. The Morgan fingerprint density at radius 1 is 1.39 bits per heavy atom. The summed E-state index contributed by atoms with van der Waals surface area (Å²) < 4.78 is 26.1. The number of rotatable bonds is 3. The predicted octanol–water partition coefficient (Wildman–Crippen LogP) is 1.72. The van der Waals surface area contributed by atoms with E-state index < -0.39 is 11.6 Å². The molecule has 1 heterocycles. The molecule has 1 aliphatic rings. The van der Waals surface area contributed by atoms with Gasteiger partial charge in [-0.15, -0.1) is 0 Å². The summed E-state index contributed by atoms with van der Waals surface area (Å²) in [6.07, 6.45) is 2.19. The van der Waals surface area contributed by atoms with E-state index in [1.54, 1.807) is 0 Å². The number of nitrogens with one attached hydrogen (secondary N) is 2. The Kier molecular flexibility index (Phi) is 4.25. The molecule has 0 aliphatic carbocycles. The zero-order chi connectivity index (χ0) is 13.0. The monoisotopic (exact) mass is 254 g/mol. The van der Waals surface area contributed by atoms with Crippen molar-refractivity contribution in [2.75, 3.05) is 6.54 Å². The van der Waals surface area contributed by atoms with E-state index in [1.807, 2.05) is 0 Å². The Balaban J connectivity index is 1.92. The van der Waals surface area contributed by atoms with Gasteiger partial charge < -0.3 is 10.6 Å². The van der Waals surface area contributed by atoms with Crippen molar-refractivity contribution in [2.24, 2.45) is 0 Å². The molecule has 0 saturated carbocycles. The first-order chi connectivity index (χ1) is 8.65. The average Bonchev–Trinajstić information content (AvgIpc) is 2.52. The smallest absolute Gasteiger partial charge is 0.221 e. The van der Waals surface area contributed by atoms with E-state index in [-0.39, 0.29) is 11.9 Å². The van der Waals surface area contributed by atoms with Crippen LogP contribution in [0.4, 0.5) is 8.78 Å². The normalized spacial score (nSPS) is 20.3. The Morgan fingerprint density at radius 3 is 3.00 bits per heavy atom. The quantitative estimate of drug-likeness (QED) is 0.862. The van der Waals surface area contributed by atoms with Crippen LogP contribution < -0.4 is 10.6 Å². The lowest BCUT2D eigenvalue weighted by Gasteiger charge is -2.15. The van der Waals surface area contributed by atoms with Crippen LogP contribution in [0.2, 0.25) is 0 Å². The number of carbonyl (C=O) groups is 1. The van der Waals surface area contributed by atoms with Gasteiger partial charge in [-0.1, -0.05) is 6.07 Å². The first kappa shape index (κ1) is 13.0. The second-order valence-corrected chi connectivity index (χ2v) is 4.51. The maximum absolute atomic E-state index is 13.4. The summed E-state index contributed by atoms with van der Waals surface area (Å²) in [7, 11) is 0. The SMILES string of the molecule is O=C1CC(NCc2ccc(F)cc2F)CCCN1. The van der Waals surface area contributed by atoms with Gasteiger partial charge in [0.25, 0.3) is 0 Å². The largest absolute Gasteiger partial charge is 0.356 e. The van der Waals surface area contributed by atoms with E-state index in [0.29, 0.717) is 25.1 Å². The highest BCUT2D eigenvalue weighted by Crippen LogP contribution is 2.11. The summed E-state index contributed by atoms with van der Waals surface area (Å²) in [5, 5.41) is 5.93. The lowest BCUT2D eigenvalue weighted by atomic mass is 10.1. The molecule has 1 unspecified atom stereocenters. The van der Waals surface area contributed by atoms with Crippen LogP contribution >= 0.6 is 0 Å². The predicted molar refractivity (Wildman–Crippen MR) is 63.8 cm³/mol. The summed E-state index contributed by atoms with van der Waals surface area (Å²) in [4.78, 5) is 11.3. The second kappa shape index (κ2) is 5.91.